The number of thiophene rings is 1. The van der Waals surface area contributed by atoms with E-state index in [1.807, 2.05) is 19.1 Å². The maximum Gasteiger partial charge on any atom is 0.341 e. The van der Waals surface area contributed by atoms with Crippen LogP contribution in [0.25, 0.3) is 0 Å². The second kappa shape index (κ2) is 10.9. The van der Waals surface area contributed by atoms with Gasteiger partial charge < -0.3 is 15.4 Å². The van der Waals surface area contributed by atoms with Crippen molar-refractivity contribution in [2.75, 3.05) is 17.2 Å². The number of hydrogen-bond acceptors (Lipinski definition) is 9. The average Bonchev–Trinajstić information content (AvgIpc) is 3.40. The van der Waals surface area contributed by atoms with E-state index in [4.69, 9.17) is 4.74 Å². The maximum atomic E-state index is 13.0. The number of nitrogens with one attached hydrogen (secondary N) is 2. The smallest absolute Gasteiger partial charge is 0.341 e. The highest BCUT2D eigenvalue weighted by atomic mass is 32.2. The Bertz CT molecular complexity index is 1200. The number of aromatic nitrogens is 2. The molecule has 34 heavy (non-hydrogen) atoms. The van der Waals surface area contributed by atoms with Gasteiger partial charge in [0.1, 0.15) is 5.00 Å². The Kier molecular flexibility index (Phi) is 7.90. The number of nitrogens with zero attached hydrogens (tertiary/aromatic N) is 2. The van der Waals surface area contributed by atoms with Crippen molar-refractivity contribution in [1.82, 2.24) is 10.2 Å². The topological polar surface area (TPSA) is 93.2 Å². The molecule has 0 fully saturated rings. The molecule has 0 saturated heterocycles. The van der Waals surface area contributed by atoms with Crippen LogP contribution in [-0.4, -0.2) is 33.9 Å². The zero-order valence-corrected chi connectivity index (χ0v) is 22.1. The summed E-state index contributed by atoms with van der Waals surface area (Å²) in [6.45, 7) is 8.06. The quantitative estimate of drug-likeness (QED) is 0.275. The number of rotatable bonds is 8. The minimum absolute atomic E-state index is 0.173. The van der Waals surface area contributed by atoms with E-state index in [2.05, 4.69) is 40.7 Å². The van der Waals surface area contributed by atoms with Gasteiger partial charge in [-0.15, -0.1) is 21.5 Å². The summed E-state index contributed by atoms with van der Waals surface area (Å²) in [6.07, 6.45) is 3.94. The number of amides is 1. The number of esters is 1. The van der Waals surface area contributed by atoms with Crippen molar-refractivity contribution in [3.63, 3.8) is 0 Å². The lowest BCUT2D eigenvalue weighted by Crippen LogP contribution is -2.23. The number of benzene rings is 1. The van der Waals surface area contributed by atoms with Crippen LogP contribution in [0.1, 0.15) is 58.6 Å². The zero-order chi connectivity index (χ0) is 24.2. The van der Waals surface area contributed by atoms with Crippen molar-refractivity contribution in [3.8, 4) is 0 Å². The van der Waals surface area contributed by atoms with Crippen LogP contribution in [0.2, 0.25) is 0 Å². The van der Waals surface area contributed by atoms with Crippen LogP contribution < -0.4 is 10.6 Å². The fourth-order valence-electron chi connectivity index (χ4n) is 3.80. The lowest BCUT2D eigenvalue weighted by atomic mass is 9.95. The summed E-state index contributed by atoms with van der Waals surface area (Å²) in [4.78, 5) is 26.8. The number of anilines is 3. The predicted octanol–water partition coefficient (Wildman–Crippen LogP) is 6.13. The molecule has 0 radical (unpaired) electrons. The van der Waals surface area contributed by atoms with Gasteiger partial charge in [0, 0.05) is 10.6 Å². The van der Waals surface area contributed by atoms with Gasteiger partial charge in [-0.25, -0.2) is 4.79 Å². The van der Waals surface area contributed by atoms with Gasteiger partial charge in [0.25, 0.3) is 0 Å². The summed E-state index contributed by atoms with van der Waals surface area (Å²) in [5.74, 6) is -0.530. The van der Waals surface area contributed by atoms with Crippen molar-refractivity contribution in [1.29, 1.82) is 0 Å². The fourth-order valence-corrected chi connectivity index (χ4v) is 6.99. The zero-order valence-electron chi connectivity index (χ0n) is 19.7. The van der Waals surface area contributed by atoms with Crippen LogP contribution in [-0.2, 0) is 22.4 Å². The Hall–Kier alpha value is -2.43. The van der Waals surface area contributed by atoms with E-state index in [0.717, 1.165) is 42.5 Å². The molecule has 2 heterocycles. The standard InChI is InChI=1S/C24H28N4O3S3/c1-5-31-22(30)19-16-10-6-7-12-18(16)33-21(19)26-20(29)15(4)32-24-28-27-23(34-24)25-17-11-8-9-13(2)14(17)3/h8-9,11,15H,5-7,10,12H2,1-4H3,(H,25,27)(H,26,29)/t15-/m0/s1. The first-order valence-corrected chi connectivity index (χ1v) is 13.8. The van der Waals surface area contributed by atoms with E-state index in [9.17, 15) is 9.59 Å². The fraction of sp³-hybridized carbons (Fsp3) is 0.417. The van der Waals surface area contributed by atoms with Crippen LogP contribution in [0.15, 0.2) is 22.5 Å². The van der Waals surface area contributed by atoms with Crippen LogP contribution in [0.4, 0.5) is 15.8 Å². The van der Waals surface area contributed by atoms with E-state index >= 15 is 0 Å². The number of thioether (sulfide) groups is 1. The molecular weight excluding hydrogens is 488 g/mol. The monoisotopic (exact) mass is 516 g/mol. The highest BCUT2D eigenvalue weighted by Gasteiger charge is 2.28. The molecule has 2 aromatic heterocycles. The molecule has 0 bridgehead atoms. The van der Waals surface area contributed by atoms with Gasteiger partial charge in [0.05, 0.1) is 17.4 Å². The number of fused-ring (bicyclic) bond motifs is 1. The summed E-state index contributed by atoms with van der Waals surface area (Å²) >= 11 is 4.26. The Labute approximate surface area is 211 Å². The van der Waals surface area contributed by atoms with Crippen molar-refractivity contribution in [2.24, 2.45) is 0 Å². The van der Waals surface area contributed by atoms with Crippen LogP contribution in [0, 0.1) is 13.8 Å². The first-order valence-electron chi connectivity index (χ1n) is 11.3. The number of carbonyl (C=O) groups excluding carboxylic acids is 2. The van der Waals surface area contributed by atoms with Crippen LogP contribution >= 0.6 is 34.4 Å². The second-order valence-electron chi connectivity index (χ2n) is 8.13. The van der Waals surface area contributed by atoms with E-state index in [0.29, 0.717) is 26.6 Å². The number of aryl methyl sites for hydroxylation is 2. The number of hydrogen-bond donors (Lipinski definition) is 2. The predicted molar refractivity (Wildman–Crippen MR) is 140 cm³/mol. The van der Waals surface area contributed by atoms with Crippen LogP contribution in [0.5, 0.6) is 0 Å². The van der Waals surface area contributed by atoms with Gasteiger partial charge in [-0.05, 0) is 76.1 Å². The average molecular weight is 517 g/mol. The van der Waals surface area contributed by atoms with E-state index in [1.54, 1.807) is 6.92 Å². The molecule has 7 nitrogen and oxygen atoms in total. The molecule has 3 aromatic rings. The van der Waals surface area contributed by atoms with Gasteiger partial charge in [0.2, 0.25) is 11.0 Å². The Morgan fingerprint density at radius 3 is 2.76 bits per heavy atom. The minimum Gasteiger partial charge on any atom is -0.462 e. The van der Waals surface area contributed by atoms with Crippen LogP contribution in [0.3, 0.4) is 0 Å². The lowest BCUT2D eigenvalue weighted by molar-refractivity contribution is -0.115. The largest absolute Gasteiger partial charge is 0.462 e. The highest BCUT2D eigenvalue weighted by molar-refractivity contribution is 8.02. The molecule has 0 aliphatic heterocycles. The molecule has 1 amide bonds. The molecule has 1 aliphatic carbocycles. The van der Waals surface area contributed by atoms with Crippen molar-refractivity contribution in [2.45, 2.75) is 63.0 Å². The van der Waals surface area contributed by atoms with E-state index < -0.39 is 5.25 Å². The molecule has 0 spiro atoms. The third-order valence-corrected chi connectivity index (χ3v) is 9.02. The lowest BCUT2D eigenvalue weighted by Gasteiger charge is -2.13. The molecule has 1 aliphatic rings. The normalized spacial score (nSPS) is 13.8. The van der Waals surface area contributed by atoms with Gasteiger partial charge in [0.15, 0.2) is 4.34 Å². The molecule has 0 saturated carbocycles. The van der Waals surface area contributed by atoms with Gasteiger partial charge in [-0.2, -0.15) is 0 Å². The van der Waals surface area contributed by atoms with Crippen molar-refractivity contribution in [3.05, 3.63) is 45.3 Å². The molecule has 1 aromatic carbocycles. The Balaban J connectivity index is 1.44. The molecule has 180 valence electrons. The third-order valence-electron chi connectivity index (χ3n) is 5.79. The summed E-state index contributed by atoms with van der Waals surface area (Å²) in [7, 11) is 0. The summed E-state index contributed by atoms with van der Waals surface area (Å²) < 4.78 is 5.99. The van der Waals surface area contributed by atoms with Crippen molar-refractivity contribution >= 4 is 62.1 Å². The first-order chi connectivity index (χ1) is 16.4. The number of ether oxygens (including phenoxy) is 1. The highest BCUT2D eigenvalue weighted by Crippen LogP contribution is 2.39. The molecule has 1 atom stereocenters. The third kappa shape index (κ3) is 5.45. The summed E-state index contributed by atoms with van der Waals surface area (Å²) in [5, 5.41) is 15.6. The van der Waals surface area contributed by atoms with Gasteiger partial charge >= 0.3 is 5.97 Å². The molecular formula is C24H28N4O3S3. The number of carbonyl (C=O) groups is 2. The van der Waals surface area contributed by atoms with Gasteiger partial charge in [-0.3, -0.25) is 4.79 Å². The minimum atomic E-state index is -0.407. The maximum absolute atomic E-state index is 13.0. The van der Waals surface area contributed by atoms with E-state index in [1.165, 1.54) is 44.9 Å². The second-order valence-corrected chi connectivity index (χ2v) is 11.8. The summed E-state index contributed by atoms with van der Waals surface area (Å²) in [6, 6.07) is 6.08. The Morgan fingerprint density at radius 1 is 1.18 bits per heavy atom. The SMILES string of the molecule is CCOC(=O)c1c(NC(=O)[C@H](C)Sc2nnc(Nc3cccc(C)c3C)s2)sc2c1CCCC2. The Morgan fingerprint density at radius 2 is 1.97 bits per heavy atom. The molecule has 4 rings (SSSR count). The molecule has 0 unspecified atom stereocenters. The molecule has 2 N–H and O–H groups in total. The first kappa shape index (κ1) is 24.7. The van der Waals surface area contributed by atoms with Gasteiger partial charge in [-0.1, -0.05) is 35.2 Å². The van der Waals surface area contributed by atoms with Crippen molar-refractivity contribution < 1.29 is 14.3 Å². The summed E-state index contributed by atoms with van der Waals surface area (Å²) in [5.41, 5.74) is 4.92. The van der Waals surface area contributed by atoms with E-state index in [-0.39, 0.29) is 11.9 Å². The molecule has 10 heteroatoms.